The molecule has 1 aromatic heterocycles. The molecule has 0 atom stereocenters. The summed E-state index contributed by atoms with van der Waals surface area (Å²) in [6, 6.07) is 13.1. The fraction of sp³-hybridized carbons (Fsp3) is 0.0769. The van der Waals surface area contributed by atoms with Crippen molar-refractivity contribution in [2.24, 2.45) is 0 Å². The lowest BCUT2D eigenvalue weighted by Crippen LogP contribution is -2.05. The van der Waals surface area contributed by atoms with Gasteiger partial charge >= 0.3 is 0 Å². The van der Waals surface area contributed by atoms with Gasteiger partial charge in [0.05, 0.1) is 0 Å². The highest BCUT2D eigenvalue weighted by Crippen LogP contribution is 2.13. The zero-order valence-electron chi connectivity index (χ0n) is 8.56. The van der Waals surface area contributed by atoms with Crippen molar-refractivity contribution in [3.63, 3.8) is 0 Å². The Morgan fingerprint density at radius 1 is 1.19 bits per heavy atom. The van der Waals surface area contributed by atoms with Gasteiger partial charge in [-0.25, -0.2) is 0 Å². The minimum atomic E-state index is 0.0405. The third-order valence-corrected chi connectivity index (χ3v) is 2.70. The number of halogens is 1. The van der Waals surface area contributed by atoms with E-state index in [2.05, 4.69) is 20.9 Å². The van der Waals surface area contributed by atoms with Crippen LogP contribution in [0, 0.1) is 0 Å². The largest absolute Gasteiger partial charge is 0.292 e. The zero-order chi connectivity index (χ0) is 11.4. The molecule has 2 nitrogen and oxygen atoms in total. The topological polar surface area (TPSA) is 30.0 Å². The van der Waals surface area contributed by atoms with Crippen molar-refractivity contribution in [1.29, 1.82) is 0 Å². The second-order valence-electron chi connectivity index (χ2n) is 3.44. The number of benzene rings is 1. The minimum Gasteiger partial charge on any atom is -0.292 e. The number of carbonyl (C=O) groups excluding carboxylic acids is 1. The van der Waals surface area contributed by atoms with E-state index in [9.17, 15) is 4.79 Å². The van der Waals surface area contributed by atoms with E-state index in [1.807, 2.05) is 30.3 Å². The summed E-state index contributed by atoms with van der Waals surface area (Å²) in [6.45, 7) is 0. The van der Waals surface area contributed by atoms with E-state index < -0.39 is 0 Å². The highest BCUT2D eigenvalue weighted by atomic mass is 79.9. The molecular formula is C13H10BrNO. The maximum Gasteiger partial charge on any atom is 0.185 e. The van der Waals surface area contributed by atoms with Crippen molar-refractivity contribution < 1.29 is 4.79 Å². The number of hydrogen-bond acceptors (Lipinski definition) is 2. The van der Waals surface area contributed by atoms with Gasteiger partial charge in [0.2, 0.25) is 0 Å². The molecule has 80 valence electrons. The fourth-order valence-corrected chi connectivity index (χ4v) is 1.90. The smallest absolute Gasteiger partial charge is 0.185 e. The highest BCUT2D eigenvalue weighted by molar-refractivity contribution is 9.10. The molecule has 0 fully saturated rings. The molecule has 0 saturated heterocycles. The lowest BCUT2D eigenvalue weighted by atomic mass is 10.1. The Bertz CT molecular complexity index is 496. The lowest BCUT2D eigenvalue weighted by molar-refractivity contribution is 0.0988. The first-order valence-corrected chi connectivity index (χ1v) is 5.74. The van der Waals surface area contributed by atoms with Crippen LogP contribution in [0.5, 0.6) is 0 Å². The summed E-state index contributed by atoms with van der Waals surface area (Å²) >= 11 is 3.38. The van der Waals surface area contributed by atoms with Gasteiger partial charge in [0.1, 0.15) is 5.69 Å². The van der Waals surface area contributed by atoms with Crippen LogP contribution in [-0.4, -0.2) is 10.8 Å². The number of Topliss-reactive ketones (excluding diaryl/α,β-unsaturated/α-hetero) is 1. The molecule has 1 aromatic carbocycles. The van der Waals surface area contributed by atoms with E-state index >= 15 is 0 Å². The maximum absolute atomic E-state index is 11.8. The number of carbonyl (C=O) groups is 1. The van der Waals surface area contributed by atoms with E-state index in [0.717, 1.165) is 10.0 Å². The van der Waals surface area contributed by atoms with Gasteiger partial charge in [0, 0.05) is 17.1 Å². The van der Waals surface area contributed by atoms with Crippen LogP contribution in [0.3, 0.4) is 0 Å². The molecule has 16 heavy (non-hydrogen) atoms. The Kier molecular flexibility index (Phi) is 3.47. The number of nitrogens with zero attached hydrogens (tertiary/aromatic N) is 1. The number of ketones is 1. The summed E-state index contributed by atoms with van der Waals surface area (Å²) < 4.78 is 0.985. The molecule has 0 spiro atoms. The average molecular weight is 276 g/mol. The summed E-state index contributed by atoms with van der Waals surface area (Å²) in [5, 5.41) is 0. The van der Waals surface area contributed by atoms with Crippen LogP contribution >= 0.6 is 15.9 Å². The van der Waals surface area contributed by atoms with Gasteiger partial charge in [-0.3, -0.25) is 9.78 Å². The molecule has 0 saturated carbocycles. The molecular weight excluding hydrogens is 266 g/mol. The first-order valence-electron chi connectivity index (χ1n) is 4.94. The normalized spacial score (nSPS) is 10.1. The third-order valence-electron chi connectivity index (χ3n) is 2.20. The van der Waals surface area contributed by atoms with E-state index in [-0.39, 0.29) is 5.78 Å². The van der Waals surface area contributed by atoms with Crippen molar-refractivity contribution in [3.05, 3.63) is 64.4 Å². The monoisotopic (exact) mass is 275 g/mol. The maximum atomic E-state index is 11.8. The van der Waals surface area contributed by atoms with Crippen LogP contribution in [0.25, 0.3) is 0 Å². The van der Waals surface area contributed by atoms with Gasteiger partial charge in [0.15, 0.2) is 5.78 Å². The molecule has 0 unspecified atom stereocenters. The van der Waals surface area contributed by atoms with Crippen molar-refractivity contribution in [2.75, 3.05) is 0 Å². The second-order valence-corrected chi connectivity index (χ2v) is 4.36. The first kappa shape index (κ1) is 11.0. The molecule has 0 bridgehead atoms. The van der Waals surface area contributed by atoms with Gasteiger partial charge in [-0.2, -0.15) is 0 Å². The third kappa shape index (κ3) is 2.76. The molecule has 0 aliphatic heterocycles. The molecule has 0 N–H and O–H groups in total. The average Bonchev–Trinajstić information content (AvgIpc) is 2.30. The molecule has 0 aliphatic rings. The first-order chi connectivity index (χ1) is 7.75. The van der Waals surface area contributed by atoms with Gasteiger partial charge in [-0.1, -0.05) is 34.1 Å². The van der Waals surface area contributed by atoms with E-state index in [0.29, 0.717) is 12.1 Å². The molecule has 0 aliphatic carbocycles. The van der Waals surface area contributed by atoms with Gasteiger partial charge in [0.25, 0.3) is 0 Å². The second kappa shape index (κ2) is 5.03. The van der Waals surface area contributed by atoms with Crippen LogP contribution in [0.1, 0.15) is 16.1 Å². The number of hydrogen-bond donors (Lipinski definition) is 0. The fourth-order valence-electron chi connectivity index (χ4n) is 1.45. The Morgan fingerprint density at radius 2 is 2.06 bits per heavy atom. The van der Waals surface area contributed by atoms with Crippen molar-refractivity contribution in [3.8, 4) is 0 Å². The Hall–Kier alpha value is -1.48. The molecule has 1 heterocycles. The molecule has 2 aromatic rings. The lowest BCUT2D eigenvalue weighted by Gasteiger charge is -2.01. The minimum absolute atomic E-state index is 0.0405. The Balaban J connectivity index is 2.14. The summed E-state index contributed by atoms with van der Waals surface area (Å²) in [5.41, 5.74) is 1.51. The molecule has 3 heteroatoms. The summed E-state index contributed by atoms with van der Waals surface area (Å²) in [7, 11) is 0. The molecule has 0 radical (unpaired) electrons. The SMILES string of the molecule is O=C(Cc1cccc(Br)c1)c1ccccn1. The van der Waals surface area contributed by atoms with E-state index in [1.54, 1.807) is 18.3 Å². The predicted molar refractivity (Wildman–Crippen MR) is 66.4 cm³/mol. The van der Waals surface area contributed by atoms with E-state index in [1.165, 1.54) is 0 Å². The summed E-state index contributed by atoms with van der Waals surface area (Å²) in [4.78, 5) is 15.9. The Labute approximate surface area is 102 Å². The van der Waals surface area contributed by atoms with Gasteiger partial charge in [-0.15, -0.1) is 0 Å². The van der Waals surface area contributed by atoms with Crippen molar-refractivity contribution >= 4 is 21.7 Å². The van der Waals surface area contributed by atoms with Crippen LogP contribution in [0.15, 0.2) is 53.1 Å². The van der Waals surface area contributed by atoms with Crippen LogP contribution < -0.4 is 0 Å². The van der Waals surface area contributed by atoms with Crippen molar-refractivity contribution in [2.45, 2.75) is 6.42 Å². The molecule has 2 rings (SSSR count). The summed E-state index contributed by atoms with van der Waals surface area (Å²) in [5.74, 6) is 0.0405. The number of pyridine rings is 1. The van der Waals surface area contributed by atoms with Crippen LogP contribution in [-0.2, 0) is 6.42 Å². The van der Waals surface area contributed by atoms with E-state index in [4.69, 9.17) is 0 Å². The van der Waals surface area contributed by atoms with Crippen molar-refractivity contribution in [1.82, 2.24) is 4.98 Å². The zero-order valence-corrected chi connectivity index (χ0v) is 10.1. The highest BCUT2D eigenvalue weighted by Gasteiger charge is 2.07. The van der Waals surface area contributed by atoms with Crippen LogP contribution in [0.4, 0.5) is 0 Å². The number of aromatic nitrogens is 1. The number of rotatable bonds is 3. The van der Waals surface area contributed by atoms with Gasteiger partial charge in [-0.05, 0) is 29.8 Å². The Morgan fingerprint density at radius 3 is 2.75 bits per heavy atom. The standard InChI is InChI=1S/C13H10BrNO/c14-11-5-3-4-10(8-11)9-13(16)12-6-1-2-7-15-12/h1-8H,9H2. The summed E-state index contributed by atoms with van der Waals surface area (Å²) in [6.07, 6.45) is 2.02. The molecule has 0 amide bonds. The predicted octanol–water partition coefficient (Wildman–Crippen LogP) is 3.27. The quantitative estimate of drug-likeness (QED) is 0.805. The van der Waals surface area contributed by atoms with Crippen LogP contribution in [0.2, 0.25) is 0 Å². The van der Waals surface area contributed by atoms with Gasteiger partial charge < -0.3 is 0 Å².